The quantitative estimate of drug-likeness (QED) is 0.341. The van der Waals surface area contributed by atoms with E-state index in [9.17, 15) is 0 Å². The standard InChI is InChI=1S/C8H10Br.C5H5.Fe.H2O2/c1-6(2)7-4-3-5-8(7)9;1-2-4-5-3-1;;1-2/h3-6H,1-2H3;1-5H;;1-2H/q-1;-5;;. The number of rotatable bonds is 1. The van der Waals surface area contributed by atoms with Crippen LogP contribution in [0.3, 0.4) is 0 Å². The monoisotopic (exact) mass is 340 g/mol. The van der Waals surface area contributed by atoms with Crippen molar-refractivity contribution in [1.82, 2.24) is 0 Å². The van der Waals surface area contributed by atoms with Gasteiger partial charge in [-0.2, -0.15) is 12.1 Å². The Morgan fingerprint density at radius 3 is 1.71 bits per heavy atom. The van der Waals surface area contributed by atoms with E-state index in [1.807, 2.05) is 30.3 Å². The molecule has 0 unspecified atom stereocenters. The smallest absolute Gasteiger partial charge is 0 e. The Balaban J connectivity index is 0. The summed E-state index contributed by atoms with van der Waals surface area (Å²) in [5.41, 5.74) is 1.40. The first-order valence-electron chi connectivity index (χ1n) is 4.99. The zero-order valence-electron chi connectivity index (χ0n) is 9.82. The molecule has 0 bridgehead atoms. The SMILES string of the molecule is CC(C)[c-]1cccc1Br.OO.[Fe].[cH-]1[cH-][cH-][cH-][cH-]1. The Kier molecular flexibility index (Phi) is 13.5. The Morgan fingerprint density at radius 1 is 1.12 bits per heavy atom. The van der Waals surface area contributed by atoms with E-state index < -0.39 is 0 Å². The number of hydrogen-bond acceptors (Lipinski definition) is 2. The molecule has 17 heavy (non-hydrogen) atoms. The van der Waals surface area contributed by atoms with Gasteiger partial charge in [0.05, 0.1) is 0 Å². The summed E-state index contributed by atoms with van der Waals surface area (Å²) >= 11 is 3.47. The van der Waals surface area contributed by atoms with E-state index in [0.29, 0.717) is 5.92 Å². The van der Waals surface area contributed by atoms with Crippen molar-refractivity contribution in [1.29, 1.82) is 0 Å². The molecule has 0 spiro atoms. The molecule has 2 nitrogen and oxygen atoms in total. The number of halogens is 1. The van der Waals surface area contributed by atoms with Crippen LogP contribution in [0.5, 0.6) is 0 Å². The average molecular weight is 341 g/mol. The molecule has 4 heteroatoms. The van der Waals surface area contributed by atoms with Gasteiger partial charge in [-0.15, -0.1) is 5.56 Å². The fourth-order valence-corrected chi connectivity index (χ4v) is 1.94. The van der Waals surface area contributed by atoms with E-state index in [4.69, 9.17) is 10.5 Å². The second kappa shape index (κ2) is 12.1. The first kappa shape index (κ1) is 19.0. The molecule has 2 aromatic rings. The van der Waals surface area contributed by atoms with Crippen molar-refractivity contribution in [3.05, 3.63) is 58.6 Å². The Hall–Kier alpha value is -0.381. The third-order valence-corrected chi connectivity index (χ3v) is 2.69. The van der Waals surface area contributed by atoms with Crippen LogP contribution in [-0.2, 0) is 17.1 Å². The Labute approximate surface area is 122 Å². The second-order valence-corrected chi connectivity index (χ2v) is 4.30. The summed E-state index contributed by atoms with van der Waals surface area (Å²) in [6, 6.07) is 16.3. The van der Waals surface area contributed by atoms with Crippen molar-refractivity contribution < 1.29 is 27.6 Å². The summed E-state index contributed by atoms with van der Waals surface area (Å²) in [7, 11) is 0. The average Bonchev–Trinajstić information content (AvgIpc) is 2.93. The van der Waals surface area contributed by atoms with E-state index in [1.165, 1.54) is 10.0 Å². The molecule has 102 valence electrons. The van der Waals surface area contributed by atoms with Crippen molar-refractivity contribution >= 4 is 15.9 Å². The van der Waals surface area contributed by atoms with Gasteiger partial charge in [0.2, 0.25) is 0 Å². The molecule has 0 amide bonds. The van der Waals surface area contributed by atoms with E-state index in [1.54, 1.807) is 0 Å². The molecule has 2 aromatic carbocycles. The van der Waals surface area contributed by atoms with Gasteiger partial charge in [0.15, 0.2) is 0 Å². The molecule has 2 N–H and O–H groups in total. The fourth-order valence-electron chi connectivity index (χ4n) is 1.20. The van der Waals surface area contributed by atoms with Gasteiger partial charge in [0, 0.05) is 17.1 Å². The first-order valence-corrected chi connectivity index (χ1v) is 5.79. The molecular formula is C13H17BrFeO2-6. The van der Waals surface area contributed by atoms with Gasteiger partial charge >= 0.3 is 0 Å². The summed E-state index contributed by atoms with van der Waals surface area (Å²) < 4.78 is 1.23. The van der Waals surface area contributed by atoms with Gasteiger partial charge < -0.3 is 30.3 Å². The van der Waals surface area contributed by atoms with Gasteiger partial charge in [-0.1, -0.05) is 40.2 Å². The summed E-state index contributed by atoms with van der Waals surface area (Å²) in [5.74, 6) is 0.634. The van der Waals surface area contributed by atoms with Crippen LogP contribution in [0, 0.1) is 0 Å². The van der Waals surface area contributed by atoms with Gasteiger partial charge in [0.1, 0.15) is 0 Å². The van der Waals surface area contributed by atoms with Crippen LogP contribution >= 0.6 is 15.9 Å². The molecule has 0 radical (unpaired) electrons. The topological polar surface area (TPSA) is 40.5 Å². The van der Waals surface area contributed by atoms with Crippen LogP contribution in [0.1, 0.15) is 25.3 Å². The summed E-state index contributed by atoms with van der Waals surface area (Å²) in [6.07, 6.45) is 0. The van der Waals surface area contributed by atoms with Crippen molar-refractivity contribution in [3.8, 4) is 0 Å². The van der Waals surface area contributed by atoms with Crippen LogP contribution in [-0.4, -0.2) is 10.5 Å². The molecule has 2 rings (SSSR count). The maximum atomic E-state index is 6.00. The maximum Gasteiger partial charge on any atom is 0 e. The van der Waals surface area contributed by atoms with Gasteiger partial charge in [-0.25, -0.2) is 6.07 Å². The zero-order chi connectivity index (χ0) is 12.4. The summed E-state index contributed by atoms with van der Waals surface area (Å²) in [5, 5.41) is 12.0. The molecule has 0 heterocycles. The van der Waals surface area contributed by atoms with Gasteiger partial charge in [0.25, 0.3) is 0 Å². The van der Waals surface area contributed by atoms with E-state index in [0.717, 1.165) is 0 Å². The van der Waals surface area contributed by atoms with Gasteiger partial charge in [-0.05, 0) is 0 Å². The molecule has 0 aliphatic heterocycles. The normalized spacial score (nSPS) is 8.35. The maximum absolute atomic E-state index is 6.00. The van der Waals surface area contributed by atoms with Crippen molar-refractivity contribution in [3.63, 3.8) is 0 Å². The van der Waals surface area contributed by atoms with E-state index in [-0.39, 0.29) is 17.1 Å². The largest absolute Gasteiger partial charge is 0.748 e. The molecular weight excluding hydrogens is 324 g/mol. The Bertz CT molecular complexity index is 325. The summed E-state index contributed by atoms with van der Waals surface area (Å²) in [4.78, 5) is 0. The van der Waals surface area contributed by atoms with Crippen LogP contribution in [0.25, 0.3) is 0 Å². The molecule has 0 saturated heterocycles. The predicted octanol–water partition coefficient (Wildman–Crippen LogP) is 4.71. The van der Waals surface area contributed by atoms with Crippen molar-refractivity contribution in [2.75, 3.05) is 0 Å². The number of hydrogen-bond donors (Lipinski definition) is 2. The van der Waals surface area contributed by atoms with Crippen LogP contribution in [0.2, 0.25) is 0 Å². The van der Waals surface area contributed by atoms with Crippen molar-refractivity contribution in [2.45, 2.75) is 19.8 Å². The first-order chi connectivity index (χ1) is 7.72. The molecule has 0 aromatic heterocycles. The second-order valence-electron chi connectivity index (χ2n) is 3.45. The molecule has 0 aliphatic carbocycles. The van der Waals surface area contributed by atoms with E-state index in [2.05, 4.69) is 48.0 Å². The summed E-state index contributed by atoms with van der Waals surface area (Å²) in [6.45, 7) is 4.39. The molecule has 0 saturated carbocycles. The minimum Gasteiger partial charge on any atom is -0.748 e. The predicted molar refractivity (Wildman–Crippen MR) is 71.1 cm³/mol. The van der Waals surface area contributed by atoms with Gasteiger partial charge in [-0.3, -0.25) is 10.5 Å². The zero-order valence-corrected chi connectivity index (χ0v) is 12.5. The van der Waals surface area contributed by atoms with Crippen LogP contribution < -0.4 is 0 Å². The van der Waals surface area contributed by atoms with Crippen molar-refractivity contribution in [2.24, 2.45) is 0 Å². The van der Waals surface area contributed by atoms with Crippen LogP contribution in [0.4, 0.5) is 0 Å². The van der Waals surface area contributed by atoms with Crippen LogP contribution in [0.15, 0.2) is 53.0 Å². The molecule has 0 fully saturated rings. The minimum atomic E-state index is 0. The minimum absolute atomic E-state index is 0. The third-order valence-electron chi connectivity index (χ3n) is 1.97. The molecule has 0 aliphatic rings. The fraction of sp³-hybridized carbons (Fsp3) is 0.231. The Morgan fingerprint density at radius 2 is 1.53 bits per heavy atom. The van der Waals surface area contributed by atoms with E-state index >= 15 is 0 Å². The molecule has 0 atom stereocenters. The third kappa shape index (κ3) is 8.36.